The van der Waals surface area contributed by atoms with Gasteiger partial charge < -0.3 is 0 Å². The van der Waals surface area contributed by atoms with Gasteiger partial charge in [0.05, 0.1) is 10.3 Å². The van der Waals surface area contributed by atoms with Crippen LogP contribution < -0.4 is 0 Å². The molecule has 1 aromatic rings. The topological polar surface area (TPSA) is 77.3 Å². The summed E-state index contributed by atoms with van der Waals surface area (Å²) in [6.45, 7) is 0. The SMILES string of the molecule is O=Cc1cc(I)c(C(=O)CBr)c([N+](=O)[O-])c1. The molecule has 5 nitrogen and oxygen atoms in total. The molecule has 0 aliphatic carbocycles. The second-order valence-corrected chi connectivity index (χ2v) is 4.55. The van der Waals surface area contributed by atoms with Gasteiger partial charge in [-0.1, -0.05) is 15.9 Å². The average molecular weight is 398 g/mol. The van der Waals surface area contributed by atoms with E-state index in [0.29, 0.717) is 9.86 Å². The van der Waals surface area contributed by atoms with Crippen LogP contribution in [-0.2, 0) is 0 Å². The predicted molar refractivity (Wildman–Crippen MR) is 69.3 cm³/mol. The maximum atomic E-state index is 11.5. The molecule has 0 spiro atoms. The highest BCUT2D eigenvalue weighted by Crippen LogP contribution is 2.26. The summed E-state index contributed by atoms with van der Waals surface area (Å²) in [5.41, 5.74) is -0.117. The first-order valence-corrected chi connectivity index (χ1v) is 6.23. The van der Waals surface area contributed by atoms with Crippen LogP contribution in [0.5, 0.6) is 0 Å². The number of hydrogen-bond donors (Lipinski definition) is 0. The zero-order chi connectivity index (χ0) is 12.3. The molecule has 7 heteroatoms. The van der Waals surface area contributed by atoms with Crippen molar-refractivity contribution in [1.29, 1.82) is 0 Å². The summed E-state index contributed by atoms with van der Waals surface area (Å²) >= 11 is 4.76. The van der Waals surface area contributed by atoms with Crippen molar-refractivity contribution in [3.05, 3.63) is 36.9 Å². The second kappa shape index (κ2) is 5.48. The Morgan fingerprint density at radius 2 is 2.19 bits per heavy atom. The van der Waals surface area contributed by atoms with Gasteiger partial charge in [-0.3, -0.25) is 19.7 Å². The summed E-state index contributed by atoms with van der Waals surface area (Å²) in [4.78, 5) is 32.2. The molecule has 0 saturated heterocycles. The molecule has 0 aliphatic heterocycles. The number of nitro benzene ring substituents is 1. The lowest BCUT2D eigenvalue weighted by atomic mass is 10.1. The molecule has 0 fully saturated rings. The monoisotopic (exact) mass is 397 g/mol. The van der Waals surface area contributed by atoms with Crippen molar-refractivity contribution in [2.75, 3.05) is 5.33 Å². The zero-order valence-electron chi connectivity index (χ0n) is 7.78. The molecule has 1 rings (SSSR count). The molecule has 84 valence electrons. The first-order valence-electron chi connectivity index (χ1n) is 4.03. The molecule has 1 aromatic carbocycles. The van der Waals surface area contributed by atoms with Gasteiger partial charge in [-0.05, 0) is 28.7 Å². The molecule has 0 radical (unpaired) electrons. The molecule has 0 aliphatic rings. The highest BCUT2D eigenvalue weighted by molar-refractivity contribution is 14.1. The van der Waals surface area contributed by atoms with Gasteiger partial charge in [0, 0.05) is 15.2 Å². The lowest BCUT2D eigenvalue weighted by molar-refractivity contribution is -0.385. The van der Waals surface area contributed by atoms with Crippen LogP contribution in [0.1, 0.15) is 20.7 Å². The normalized spacial score (nSPS) is 9.88. The minimum Gasteiger partial charge on any atom is -0.298 e. The Morgan fingerprint density at radius 3 is 2.62 bits per heavy atom. The molecule has 0 amide bonds. The first-order chi connectivity index (χ1) is 7.51. The van der Waals surface area contributed by atoms with E-state index >= 15 is 0 Å². The number of aldehydes is 1. The maximum Gasteiger partial charge on any atom is 0.282 e. The van der Waals surface area contributed by atoms with Crippen LogP contribution in [0.3, 0.4) is 0 Å². The molecule has 0 aromatic heterocycles. The summed E-state index contributed by atoms with van der Waals surface area (Å²) < 4.78 is 0.401. The highest BCUT2D eigenvalue weighted by atomic mass is 127. The Labute approximate surface area is 113 Å². The Morgan fingerprint density at radius 1 is 1.56 bits per heavy atom. The molecule has 16 heavy (non-hydrogen) atoms. The number of ketones is 1. The van der Waals surface area contributed by atoms with E-state index in [4.69, 9.17) is 0 Å². The van der Waals surface area contributed by atoms with Gasteiger partial charge in [-0.2, -0.15) is 0 Å². The Bertz CT molecular complexity index is 475. The third kappa shape index (κ3) is 2.64. The van der Waals surface area contributed by atoms with Crippen LogP contribution in [0.4, 0.5) is 5.69 Å². The Kier molecular flexibility index (Phi) is 4.54. The van der Waals surface area contributed by atoms with Gasteiger partial charge in [0.1, 0.15) is 11.8 Å². The first kappa shape index (κ1) is 13.2. The Hall–Kier alpha value is -0.830. The molecule has 0 saturated carbocycles. The third-order valence-corrected chi connectivity index (χ3v) is 3.18. The number of Topliss-reactive ketones (excluding diaryl/α,β-unsaturated/α-hetero) is 1. The van der Waals surface area contributed by atoms with Crippen molar-refractivity contribution >= 4 is 56.3 Å². The third-order valence-electron chi connectivity index (χ3n) is 1.82. The zero-order valence-corrected chi connectivity index (χ0v) is 11.5. The Balaban J connectivity index is 3.51. The van der Waals surface area contributed by atoms with Crippen LogP contribution in [0, 0.1) is 13.7 Å². The van der Waals surface area contributed by atoms with E-state index in [1.54, 1.807) is 22.6 Å². The molecular formula is C9H5BrINO4. The van der Waals surface area contributed by atoms with E-state index in [1.165, 1.54) is 6.07 Å². The molecule has 0 atom stereocenters. The van der Waals surface area contributed by atoms with Crippen molar-refractivity contribution in [3.8, 4) is 0 Å². The summed E-state index contributed by atoms with van der Waals surface area (Å²) in [7, 11) is 0. The number of carbonyl (C=O) groups excluding carboxylic acids is 2. The molecule has 0 unspecified atom stereocenters. The fourth-order valence-electron chi connectivity index (χ4n) is 1.17. The largest absolute Gasteiger partial charge is 0.298 e. The van der Waals surface area contributed by atoms with Crippen molar-refractivity contribution in [3.63, 3.8) is 0 Å². The van der Waals surface area contributed by atoms with Gasteiger partial charge in [0.25, 0.3) is 5.69 Å². The van der Waals surface area contributed by atoms with E-state index in [1.807, 2.05) is 0 Å². The summed E-state index contributed by atoms with van der Waals surface area (Å²) in [5.74, 6) is -0.381. The van der Waals surface area contributed by atoms with Crippen LogP contribution in [0.2, 0.25) is 0 Å². The van der Waals surface area contributed by atoms with Crippen molar-refractivity contribution < 1.29 is 14.5 Å². The van der Waals surface area contributed by atoms with E-state index in [-0.39, 0.29) is 27.9 Å². The summed E-state index contributed by atoms with van der Waals surface area (Å²) in [6.07, 6.45) is 0.511. The lowest BCUT2D eigenvalue weighted by Crippen LogP contribution is -2.08. The smallest absolute Gasteiger partial charge is 0.282 e. The number of alkyl halides is 1. The highest BCUT2D eigenvalue weighted by Gasteiger charge is 2.23. The second-order valence-electron chi connectivity index (χ2n) is 2.83. The number of carbonyl (C=O) groups is 2. The van der Waals surface area contributed by atoms with Crippen LogP contribution >= 0.6 is 38.5 Å². The van der Waals surface area contributed by atoms with Gasteiger partial charge >= 0.3 is 0 Å². The van der Waals surface area contributed by atoms with Gasteiger partial charge in [-0.25, -0.2) is 0 Å². The van der Waals surface area contributed by atoms with Crippen LogP contribution in [-0.4, -0.2) is 22.3 Å². The minimum atomic E-state index is -0.662. The molecular weight excluding hydrogens is 393 g/mol. The van der Waals surface area contributed by atoms with Gasteiger partial charge in [-0.15, -0.1) is 0 Å². The van der Waals surface area contributed by atoms with Crippen molar-refractivity contribution in [1.82, 2.24) is 0 Å². The number of benzene rings is 1. The van der Waals surface area contributed by atoms with E-state index in [0.717, 1.165) is 6.07 Å². The van der Waals surface area contributed by atoms with E-state index < -0.39 is 4.92 Å². The van der Waals surface area contributed by atoms with Crippen molar-refractivity contribution in [2.24, 2.45) is 0 Å². The van der Waals surface area contributed by atoms with Gasteiger partial charge in [0.15, 0.2) is 5.78 Å². The quantitative estimate of drug-likeness (QED) is 0.195. The number of nitrogens with zero attached hydrogens (tertiary/aromatic N) is 1. The standard InChI is InChI=1S/C9H5BrINO4/c10-3-8(14)9-6(11)1-5(4-13)2-7(9)12(15)16/h1-2,4H,3H2. The lowest BCUT2D eigenvalue weighted by Gasteiger charge is -2.03. The number of hydrogen-bond acceptors (Lipinski definition) is 4. The van der Waals surface area contributed by atoms with Crippen LogP contribution in [0.25, 0.3) is 0 Å². The molecule has 0 heterocycles. The van der Waals surface area contributed by atoms with E-state index in [9.17, 15) is 19.7 Å². The minimum absolute atomic E-state index is 0.00424. The van der Waals surface area contributed by atoms with E-state index in [2.05, 4.69) is 15.9 Å². The number of nitro groups is 1. The predicted octanol–water partition coefficient (Wildman–Crippen LogP) is 2.59. The fraction of sp³-hybridized carbons (Fsp3) is 0.111. The van der Waals surface area contributed by atoms with Crippen LogP contribution in [0.15, 0.2) is 12.1 Å². The summed E-state index contributed by atoms with van der Waals surface area (Å²) in [5, 5.41) is 10.8. The fourth-order valence-corrected chi connectivity index (χ4v) is 2.38. The number of rotatable bonds is 4. The van der Waals surface area contributed by atoms with Crippen molar-refractivity contribution in [2.45, 2.75) is 0 Å². The maximum absolute atomic E-state index is 11.5. The average Bonchev–Trinajstić information content (AvgIpc) is 2.26. The van der Waals surface area contributed by atoms with Gasteiger partial charge in [0.2, 0.25) is 0 Å². The molecule has 0 bridgehead atoms. The molecule has 0 N–H and O–H groups in total. The number of halogens is 2. The summed E-state index contributed by atoms with van der Waals surface area (Å²) in [6, 6.07) is 2.54.